The second kappa shape index (κ2) is 3.41. The summed E-state index contributed by atoms with van der Waals surface area (Å²) in [7, 11) is 0. The average Bonchev–Trinajstić information content (AvgIpc) is 2.29. The van der Waals surface area contributed by atoms with E-state index in [0.717, 1.165) is 18.8 Å². The Labute approximate surface area is 79.7 Å². The number of fused-ring (bicyclic) bond motifs is 1. The fourth-order valence-electron chi connectivity index (χ4n) is 1.76. The third-order valence-electron chi connectivity index (χ3n) is 2.65. The molecule has 0 amide bonds. The number of benzene rings is 1. The molecule has 0 radical (unpaired) electrons. The van der Waals surface area contributed by atoms with Gasteiger partial charge in [-0.25, -0.2) is 0 Å². The normalized spacial score (nSPS) is 21.5. The molecular weight excluding hydrogens is 160 g/mol. The zero-order valence-corrected chi connectivity index (χ0v) is 8.34. The van der Waals surface area contributed by atoms with E-state index in [2.05, 4.69) is 32.0 Å². The van der Waals surface area contributed by atoms with Crippen LogP contribution in [-0.2, 0) is 6.42 Å². The molecule has 1 unspecified atom stereocenters. The summed E-state index contributed by atoms with van der Waals surface area (Å²) >= 11 is 0. The molecule has 1 aromatic carbocycles. The van der Waals surface area contributed by atoms with E-state index < -0.39 is 0 Å². The van der Waals surface area contributed by atoms with Crippen LogP contribution in [0.3, 0.4) is 0 Å². The topological polar surface area (TPSA) is 9.23 Å². The maximum Gasteiger partial charge on any atom is 0.122 e. The molecule has 1 aromatic rings. The lowest BCUT2D eigenvalue weighted by Gasteiger charge is -2.08. The molecule has 2 rings (SSSR count). The summed E-state index contributed by atoms with van der Waals surface area (Å²) in [5.74, 6) is 1.78. The lowest BCUT2D eigenvalue weighted by Crippen LogP contribution is -2.05. The Hall–Kier alpha value is -0.980. The van der Waals surface area contributed by atoms with E-state index in [1.807, 2.05) is 0 Å². The quantitative estimate of drug-likeness (QED) is 0.590. The molecule has 0 aromatic heterocycles. The maximum atomic E-state index is 5.72. The van der Waals surface area contributed by atoms with Crippen LogP contribution in [0.4, 0.5) is 0 Å². The fraction of sp³-hybridized carbons (Fsp3) is 0.500. The first kappa shape index (κ1) is 8.61. The molecule has 0 saturated carbocycles. The number of rotatable bonds is 0. The predicted molar refractivity (Wildman–Crippen MR) is 54.2 cm³/mol. The SMILES string of the molecule is Cc1ccc2c(c1)CCC(C)CO2. The van der Waals surface area contributed by atoms with E-state index in [1.165, 1.54) is 17.5 Å². The van der Waals surface area contributed by atoms with Gasteiger partial charge < -0.3 is 4.74 Å². The molecule has 1 nitrogen and oxygen atoms in total. The van der Waals surface area contributed by atoms with Crippen molar-refractivity contribution in [2.45, 2.75) is 26.7 Å². The molecule has 1 heterocycles. The maximum absolute atomic E-state index is 5.72. The third kappa shape index (κ3) is 1.85. The largest absolute Gasteiger partial charge is 0.493 e. The van der Waals surface area contributed by atoms with Crippen LogP contribution in [0, 0.1) is 12.8 Å². The second-order valence-corrected chi connectivity index (χ2v) is 4.07. The summed E-state index contributed by atoms with van der Waals surface area (Å²) in [5, 5.41) is 0. The molecule has 1 aliphatic rings. The highest BCUT2D eigenvalue weighted by Crippen LogP contribution is 2.26. The number of aryl methyl sites for hydroxylation is 2. The summed E-state index contributed by atoms with van der Waals surface area (Å²) in [6, 6.07) is 6.46. The summed E-state index contributed by atoms with van der Waals surface area (Å²) < 4.78 is 5.72. The summed E-state index contributed by atoms with van der Waals surface area (Å²) in [6.45, 7) is 5.25. The molecule has 0 bridgehead atoms. The van der Waals surface area contributed by atoms with Crippen LogP contribution in [0.5, 0.6) is 5.75 Å². The lowest BCUT2D eigenvalue weighted by molar-refractivity contribution is 0.265. The van der Waals surface area contributed by atoms with Gasteiger partial charge in [0.25, 0.3) is 0 Å². The Morgan fingerprint density at radius 2 is 2.23 bits per heavy atom. The molecular formula is C12H16O. The van der Waals surface area contributed by atoms with Gasteiger partial charge in [-0.2, -0.15) is 0 Å². The molecule has 0 N–H and O–H groups in total. The highest BCUT2D eigenvalue weighted by molar-refractivity contribution is 5.37. The van der Waals surface area contributed by atoms with Crippen molar-refractivity contribution in [1.29, 1.82) is 0 Å². The van der Waals surface area contributed by atoms with Crippen molar-refractivity contribution in [1.82, 2.24) is 0 Å². The van der Waals surface area contributed by atoms with Gasteiger partial charge in [0.05, 0.1) is 6.61 Å². The lowest BCUT2D eigenvalue weighted by atomic mass is 10.0. The Balaban J connectivity index is 2.30. The fourth-order valence-corrected chi connectivity index (χ4v) is 1.76. The van der Waals surface area contributed by atoms with E-state index >= 15 is 0 Å². The highest BCUT2D eigenvalue weighted by atomic mass is 16.5. The Bertz CT molecular complexity index is 304. The van der Waals surface area contributed by atoms with Gasteiger partial charge in [-0.15, -0.1) is 0 Å². The Morgan fingerprint density at radius 3 is 3.08 bits per heavy atom. The minimum absolute atomic E-state index is 0.688. The first-order valence-electron chi connectivity index (χ1n) is 4.98. The van der Waals surface area contributed by atoms with Crippen molar-refractivity contribution in [3.8, 4) is 5.75 Å². The van der Waals surface area contributed by atoms with Gasteiger partial charge in [0.15, 0.2) is 0 Å². The van der Waals surface area contributed by atoms with Crippen LogP contribution >= 0.6 is 0 Å². The van der Waals surface area contributed by atoms with Crippen molar-refractivity contribution in [3.05, 3.63) is 29.3 Å². The molecule has 1 aliphatic heterocycles. The van der Waals surface area contributed by atoms with Gasteiger partial charge in [-0.3, -0.25) is 0 Å². The van der Waals surface area contributed by atoms with Gasteiger partial charge >= 0.3 is 0 Å². The average molecular weight is 176 g/mol. The highest BCUT2D eigenvalue weighted by Gasteiger charge is 2.13. The molecule has 13 heavy (non-hydrogen) atoms. The van der Waals surface area contributed by atoms with Crippen molar-refractivity contribution in [2.24, 2.45) is 5.92 Å². The Morgan fingerprint density at radius 1 is 1.38 bits per heavy atom. The van der Waals surface area contributed by atoms with Gasteiger partial charge in [0, 0.05) is 0 Å². The molecule has 0 aliphatic carbocycles. The van der Waals surface area contributed by atoms with E-state index in [-0.39, 0.29) is 0 Å². The summed E-state index contributed by atoms with van der Waals surface area (Å²) in [6.07, 6.45) is 2.41. The monoisotopic (exact) mass is 176 g/mol. The summed E-state index contributed by atoms with van der Waals surface area (Å²) in [4.78, 5) is 0. The van der Waals surface area contributed by atoms with Crippen molar-refractivity contribution in [2.75, 3.05) is 6.61 Å². The third-order valence-corrected chi connectivity index (χ3v) is 2.65. The number of hydrogen-bond donors (Lipinski definition) is 0. The smallest absolute Gasteiger partial charge is 0.122 e. The summed E-state index contributed by atoms with van der Waals surface area (Å²) in [5.41, 5.74) is 2.71. The van der Waals surface area contributed by atoms with Crippen molar-refractivity contribution < 1.29 is 4.74 Å². The van der Waals surface area contributed by atoms with E-state index in [9.17, 15) is 0 Å². The molecule has 0 fully saturated rings. The van der Waals surface area contributed by atoms with Gasteiger partial charge in [-0.1, -0.05) is 24.6 Å². The second-order valence-electron chi connectivity index (χ2n) is 4.07. The molecule has 1 atom stereocenters. The standard InChI is InChI=1S/C12H16O/c1-9-4-6-12-11(7-9)5-3-10(2)8-13-12/h4,6-7,10H,3,5,8H2,1-2H3. The molecule has 70 valence electrons. The van der Waals surface area contributed by atoms with Gasteiger partial charge in [0.1, 0.15) is 5.75 Å². The zero-order valence-electron chi connectivity index (χ0n) is 8.34. The molecule has 1 heteroatoms. The van der Waals surface area contributed by atoms with E-state index in [0.29, 0.717) is 5.92 Å². The van der Waals surface area contributed by atoms with Crippen LogP contribution in [0.15, 0.2) is 18.2 Å². The predicted octanol–water partition coefficient (Wildman–Crippen LogP) is 2.96. The van der Waals surface area contributed by atoms with Crippen LogP contribution in [-0.4, -0.2) is 6.61 Å². The van der Waals surface area contributed by atoms with Crippen LogP contribution < -0.4 is 4.74 Å². The molecule has 0 spiro atoms. The zero-order chi connectivity index (χ0) is 9.26. The van der Waals surface area contributed by atoms with E-state index in [1.54, 1.807) is 0 Å². The first-order chi connectivity index (χ1) is 6.25. The minimum Gasteiger partial charge on any atom is -0.493 e. The van der Waals surface area contributed by atoms with Crippen LogP contribution in [0.2, 0.25) is 0 Å². The first-order valence-corrected chi connectivity index (χ1v) is 4.98. The number of hydrogen-bond acceptors (Lipinski definition) is 1. The molecule has 0 saturated heterocycles. The van der Waals surface area contributed by atoms with Gasteiger partial charge in [-0.05, 0) is 37.3 Å². The van der Waals surface area contributed by atoms with Crippen LogP contribution in [0.1, 0.15) is 24.5 Å². The van der Waals surface area contributed by atoms with Gasteiger partial charge in [0.2, 0.25) is 0 Å². The van der Waals surface area contributed by atoms with Crippen molar-refractivity contribution in [3.63, 3.8) is 0 Å². The minimum atomic E-state index is 0.688. The van der Waals surface area contributed by atoms with E-state index in [4.69, 9.17) is 4.74 Å². The number of ether oxygens (including phenoxy) is 1. The van der Waals surface area contributed by atoms with Crippen LogP contribution in [0.25, 0.3) is 0 Å². The van der Waals surface area contributed by atoms with Crippen molar-refractivity contribution >= 4 is 0 Å². The Kier molecular flexibility index (Phi) is 2.26.